The Kier molecular flexibility index (Phi) is 2.91. The van der Waals surface area contributed by atoms with Crippen molar-refractivity contribution in [3.8, 4) is 0 Å². The van der Waals surface area contributed by atoms with E-state index in [9.17, 15) is 4.79 Å². The number of aromatic nitrogens is 1. The topological polar surface area (TPSA) is 45.2 Å². The minimum Gasteiger partial charge on any atom is -0.384 e. The molecule has 2 heterocycles. The molecule has 1 aliphatic heterocycles. The molecule has 0 saturated carbocycles. The largest absolute Gasteiger partial charge is 0.384 e. The summed E-state index contributed by atoms with van der Waals surface area (Å²) in [6.07, 6.45) is 4.35. The minimum atomic E-state index is 0.000833. The molecular weight excluding hydrogens is 238 g/mol. The molecule has 0 atom stereocenters. The number of amides is 1. The molecular formula is C15H15N3O. The predicted molar refractivity (Wildman–Crippen MR) is 75.6 cm³/mol. The SMILES string of the molecule is CN(C(=O)c1ccc2c(c1)CCN2)c1ccncc1. The summed E-state index contributed by atoms with van der Waals surface area (Å²) < 4.78 is 0. The molecule has 0 fully saturated rings. The van der Waals surface area contributed by atoms with Crippen LogP contribution in [0.4, 0.5) is 11.4 Å². The third kappa shape index (κ3) is 2.17. The van der Waals surface area contributed by atoms with Crippen LogP contribution >= 0.6 is 0 Å². The van der Waals surface area contributed by atoms with E-state index < -0.39 is 0 Å². The highest BCUT2D eigenvalue weighted by Gasteiger charge is 2.17. The maximum atomic E-state index is 12.4. The van der Waals surface area contributed by atoms with Crippen LogP contribution in [0.3, 0.4) is 0 Å². The Morgan fingerprint density at radius 3 is 2.84 bits per heavy atom. The van der Waals surface area contributed by atoms with Crippen LogP contribution in [0.5, 0.6) is 0 Å². The molecule has 0 unspecified atom stereocenters. The third-order valence-corrected chi connectivity index (χ3v) is 3.42. The Bertz CT molecular complexity index is 610. The highest BCUT2D eigenvalue weighted by molar-refractivity contribution is 6.06. The quantitative estimate of drug-likeness (QED) is 0.893. The molecule has 1 aromatic heterocycles. The number of hydrogen-bond donors (Lipinski definition) is 1. The monoisotopic (exact) mass is 253 g/mol. The molecule has 3 rings (SSSR count). The van der Waals surface area contributed by atoms with Crippen LogP contribution in [0, 0.1) is 0 Å². The van der Waals surface area contributed by atoms with Gasteiger partial charge in [0.25, 0.3) is 5.91 Å². The number of carbonyl (C=O) groups is 1. The van der Waals surface area contributed by atoms with Crippen LogP contribution in [-0.4, -0.2) is 24.5 Å². The van der Waals surface area contributed by atoms with Crippen LogP contribution in [0.1, 0.15) is 15.9 Å². The second kappa shape index (κ2) is 4.72. The van der Waals surface area contributed by atoms with Gasteiger partial charge in [-0.3, -0.25) is 9.78 Å². The van der Waals surface area contributed by atoms with E-state index in [-0.39, 0.29) is 5.91 Å². The molecule has 0 bridgehead atoms. The van der Waals surface area contributed by atoms with E-state index >= 15 is 0 Å². The Balaban J connectivity index is 1.88. The molecule has 4 nitrogen and oxygen atoms in total. The van der Waals surface area contributed by atoms with Crippen molar-refractivity contribution < 1.29 is 4.79 Å². The number of anilines is 2. The van der Waals surface area contributed by atoms with Crippen LogP contribution in [0.25, 0.3) is 0 Å². The van der Waals surface area contributed by atoms with E-state index in [0.717, 1.165) is 29.9 Å². The fourth-order valence-electron chi connectivity index (χ4n) is 2.32. The van der Waals surface area contributed by atoms with Crippen LogP contribution < -0.4 is 10.2 Å². The Morgan fingerprint density at radius 2 is 2.05 bits per heavy atom. The standard InChI is InChI=1S/C15H15N3O/c1-18(13-5-7-16-8-6-13)15(19)12-2-3-14-11(10-12)4-9-17-14/h2-3,5-8,10,17H,4,9H2,1H3. The highest BCUT2D eigenvalue weighted by Crippen LogP contribution is 2.24. The molecule has 4 heteroatoms. The summed E-state index contributed by atoms with van der Waals surface area (Å²) in [5.74, 6) is 0.000833. The van der Waals surface area contributed by atoms with Gasteiger partial charge in [-0.15, -0.1) is 0 Å². The highest BCUT2D eigenvalue weighted by atomic mass is 16.2. The summed E-state index contributed by atoms with van der Waals surface area (Å²) in [6, 6.07) is 9.49. The lowest BCUT2D eigenvalue weighted by molar-refractivity contribution is 0.0993. The summed E-state index contributed by atoms with van der Waals surface area (Å²) >= 11 is 0. The molecule has 96 valence electrons. The number of pyridine rings is 1. The van der Waals surface area contributed by atoms with Crippen molar-refractivity contribution in [3.05, 3.63) is 53.9 Å². The number of hydrogen-bond acceptors (Lipinski definition) is 3. The molecule has 1 N–H and O–H groups in total. The summed E-state index contributed by atoms with van der Waals surface area (Å²) in [6.45, 7) is 0.952. The van der Waals surface area contributed by atoms with Gasteiger partial charge in [0.1, 0.15) is 0 Å². The van der Waals surface area contributed by atoms with Crippen molar-refractivity contribution in [2.75, 3.05) is 23.8 Å². The van der Waals surface area contributed by atoms with Gasteiger partial charge in [0.15, 0.2) is 0 Å². The first kappa shape index (κ1) is 11.7. The molecule has 1 aliphatic rings. The van der Waals surface area contributed by atoms with Crippen LogP contribution in [0.2, 0.25) is 0 Å². The van der Waals surface area contributed by atoms with Crippen molar-refractivity contribution in [1.82, 2.24) is 4.98 Å². The number of carbonyl (C=O) groups excluding carboxylic acids is 1. The normalized spacial score (nSPS) is 12.7. The van der Waals surface area contributed by atoms with E-state index in [1.807, 2.05) is 30.3 Å². The van der Waals surface area contributed by atoms with Crippen LogP contribution in [-0.2, 0) is 6.42 Å². The van der Waals surface area contributed by atoms with E-state index in [1.54, 1.807) is 24.3 Å². The van der Waals surface area contributed by atoms with E-state index in [1.165, 1.54) is 5.56 Å². The number of nitrogens with one attached hydrogen (secondary N) is 1. The zero-order valence-corrected chi connectivity index (χ0v) is 10.8. The number of rotatable bonds is 2. The summed E-state index contributed by atoms with van der Waals surface area (Å²) in [4.78, 5) is 18.0. The van der Waals surface area contributed by atoms with Gasteiger partial charge in [0.2, 0.25) is 0 Å². The molecule has 0 spiro atoms. The third-order valence-electron chi connectivity index (χ3n) is 3.42. The smallest absolute Gasteiger partial charge is 0.258 e. The molecule has 1 amide bonds. The average molecular weight is 253 g/mol. The maximum Gasteiger partial charge on any atom is 0.258 e. The zero-order valence-electron chi connectivity index (χ0n) is 10.8. The lowest BCUT2D eigenvalue weighted by Gasteiger charge is -2.17. The van der Waals surface area contributed by atoms with Gasteiger partial charge >= 0.3 is 0 Å². The van der Waals surface area contributed by atoms with Gasteiger partial charge in [0.05, 0.1) is 0 Å². The van der Waals surface area contributed by atoms with E-state index in [4.69, 9.17) is 0 Å². The Morgan fingerprint density at radius 1 is 1.26 bits per heavy atom. The lowest BCUT2D eigenvalue weighted by atomic mass is 10.1. The average Bonchev–Trinajstić information content (AvgIpc) is 2.94. The Hall–Kier alpha value is -2.36. The predicted octanol–water partition coefficient (Wildman–Crippen LogP) is 2.33. The van der Waals surface area contributed by atoms with Gasteiger partial charge < -0.3 is 10.2 Å². The van der Waals surface area contributed by atoms with Gasteiger partial charge in [-0.25, -0.2) is 0 Å². The van der Waals surface area contributed by atoms with Crippen molar-refractivity contribution in [2.45, 2.75) is 6.42 Å². The van der Waals surface area contributed by atoms with Gasteiger partial charge in [-0.2, -0.15) is 0 Å². The number of benzene rings is 1. The molecule has 0 aliphatic carbocycles. The van der Waals surface area contributed by atoms with Gasteiger partial charge in [0, 0.05) is 42.9 Å². The van der Waals surface area contributed by atoms with Crippen molar-refractivity contribution in [1.29, 1.82) is 0 Å². The first-order valence-electron chi connectivity index (χ1n) is 6.30. The fraction of sp³-hybridized carbons (Fsp3) is 0.200. The molecule has 0 radical (unpaired) electrons. The summed E-state index contributed by atoms with van der Waals surface area (Å²) in [5.41, 5.74) is 3.93. The minimum absolute atomic E-state index is 0.000833. The molecule has 0 saturated heterocycles. The Labute approximate surface area is 112 Å². The van der Waals surface area contributed by atoms with E-state index in [0.29, 0.717) is 0 Å². The van der Waals surface area contributed by atoms with Crippen molar-refractivity contribution in [3.63, 3.8) is 0 Å². The fourth-order valence-corrected chi connectivity index (χ4v) is 2.32. The summed E-state index contributed by atoms with van der Waals surface area (Å²) in [5, 5.41) is 3.29. The number of fused-ring (bicyclic) bond motifs is 1. The second-order valence-corrected chi connectivity index (χ2v) is 4.62. The van der Waals surface area contributed by atoms with Crippen molar-refractivity contribution >= 4 is 17.3 Å². The maximum absolute atomic E-state index is 12.4. The summed E-state index contributed by atoms with van der Waals surface area (Å²) in [7, 11) is 1.78. The van der Waals surface area contributed by atoms with Crippen molar-refractivity contribution in [2.24, 2.45) is 0 Å². The molecule has 19 heavy (non-hydrogen) atoms. The lowest BCUT2D eigenvalue weighted by Crippen LogP contribution is -2.26. The first-order chi connectivity index (χ1) is 9.25. The second-order valence-electron chi connectivity index (χ2n) is 4.62. The zero-order chi connectivity index (χ0) is 13.2. The first-order valence-corrected chi connectivity index (χ1v) is 6.30. The van der Waals surface area contributed by atoms with E-state index in [2.05, 4.69) is 10.3 Å². The van der Waals surface area contributed by atoms with Gasteiger partial charge in [-0.05, 0) is 42.3 Å². The molecule has 2 aromatic rings. The molecule has 1 aromatic carbocycles. The van der Waals surface area contributed by atoms with Crippen LogP contribution in [0.15, 0.2) is 42.7 Å². The van der Waals surface area contributed by atoms with Gasteiger partial charge in [-0.1, -0.05) is 0 Å². The number of nitrogens with zero attached hydrogens (tertiary/aromatic N) is 2.